The number of nitrogens with two attached hydrogens (primary N) is 2. The first-order valence-corrected chi connectivity index (χ1v) is 16.3. The number of nitrogens with one attached hydrogen (secondary N) is 2. The van der Waals surface area contributed by atoms with Gasteiger partial charge in [-0.2, -0.15) is 0 Å². The number of rotatable bonds is 7. The van der Waals surface area contributed by atoms with E-state index in [1.807, 2.05) is 24.3 Å². The van der Waals surface area contributed by atoms with Crippen LogP contribution in [0.15, 0.2) is 41.7 Å². The van der Waals surface area contributed by atoms with Gasteiger partial charge in [0, 0.05) is 12.6 Å². The fraction of sp³-hybridized carbons (Fsp3) is 0.364. The van der Waals surface area contributed by atoms with E-state index < -0.39 is 26.1 Å². The molecule has 0 saturated carbocycles. The van der Waals surface area contributed by atoms with Crippen molar-refractivity contribution in [3.8, 4) is 11.4 Å². The van der Waals surface area contributed by atoms with E-state index in [0.29, 0.717) is 28.6 Å². The number of aromatic nitrogens is 2. The summed E-state index contributed by atoms with van der Waals surface area (Å²) in [6.07, 6.45) is 2.07. The number of carbonyl (C=O) groups excluding carboxylic acids is 1. The molecule has 2 aromatic rings. The van der Waals surface area contributed by atoms with Gasteiger partial charge < -0.3 is 5.73 Å². The fourth-order valence-corrected chi connectivity index (χ4v) is 7.06. The van der Waals surface area contributed by atoms with Crippen LogP contribution in [0.3, 0.4) is 0 Å². The molecule has 1 aliphatic heterocycles. The van der Waals surface area contributed by atoms with Gasteiger partial charge in [0.25, 0.3) is 0 Å². The predicted octanol–water partition coefficient (Wildman–Crippen LogP) is 2.38. The van der Waals surface area contributed by atoms with Crippen molar-refractivity contribution in [2.24, 2.45) is 5.73 Å². The Morgan fingerprint density at radius 2 is 2.03 bits per heavy atom. The van der Waals surface area contributed by atoms with Crippen LogP contribution in [0.2, 0.25) is 0 Å². The number of ether oxygens (including phenoxy) is 1. The van der Waals surface area contributed by atoms with E-state index >= 15 is 0 Å². The number of hydrogen-bond acceptors (Lipinski definition) is 7. The summed E-state index contributed by atoms with van der Waals surface area (Å²) >= 11 is 0.341. The van der Waals surface area contributed by atoms with Gasteiger partial charge in [-0.25, -0.2) is 0 Å². The molecule has 2 amide bonds. The molecule has 6 N–H and O–H groups in total. The number of amides is 2. The average Bonchev–Trinajstić information content (AvgIpc) is 2.78. The third-order valence-corrected chi connectivity index (χ3v) is 9.64. The van der Waals surface area contributed by atoms with Gasteiger partial charge in [0.2, 0.25) is 0 Å². The Morgan fingerprint density at radius 1 is 1.30 bits per heavy atom. The molecule has 1 aromatic heterocycles. The molecular weight excluding hydrogens is 553 g/mol. The molecule has 0 atom stereocenters. The SMILES string of the molecule is CSCc1cc(N2CCOCI2C)nc(-c2ccc(NC(=O)N/C(C(C)=[NH2+])=C(\C)N)cc2)n1. The molecule has 3 rings (SSSR count). The first-order chi connectivity index (χ1) is 15.8. The topological polar surface area (TPSA) is 131 Å². The van der Waals surface area contributed by atoms with Gasteiger partial charge in [-0.05, 0) is 6.92 Å². The van der Waals surface area contributed by atoms with Crippen LogP contribution in [0.4, 0.5) is 16.3 Å². The third kappa shape index (κ3) is 6.81. The Hall–Kier alpha value is -2.38. The Bertz CT molecular complexity index is 1040. The Morgan fingerprint density at radius 3 is 2.64 bits per heavy atom. The fourth-order valence-electron chi connectivity index (χ4n) is 3.22. The predicted molar refractivity (Wildman–Crippen MR) is 144 cm³/mol. The molecule has 178 valence electrons. The van der Waals surface area contributed by atoms with Crippen molar-refractivity contribution < 1.29 is 14.9 Å². The first-order valence-electron chi connectivity index (χ1n) is 10.3. The quantitative estimate of drug-likeness (QED) is 0.170. The van der Waals surface area contributed by atoms with E-state index in [9.17, 15) is 4.79 Å². The second-order valence-electron chi connectivity index (χ2n) is 7.53. The van der Waals surface area contributed by atoms with Crippen molar-refractivity contribution in [3.05, 3.63) is 47.4 Å². The molecule has 0 unspecified atom stereocenters. The van der Waals surface area contributed by atoms with Crippen molar-refractivity contribution in [3.63, 3.8) is 0 Å². The summed E-state index contributed by atoms with van der Waals surface area (Å²) in [7, 11) is 0. The third-order valence-electron chi connectivity index (χ3n) is 4.75. The number of anilines is 2. The summed E-state index contributed by atoms with van der Waals surface area (Å²) in [5, 5.41) is 11.3. The molecule has 0 bridgehead atoms. The number of alkyl halides is 2. The molecule has 1 aromatic carbocycles. The van der Waals surface area contributed by atoms with E-state index in [2.05, 4.69) is 31.0 Å². The van der Waals surface area contributed by atoms with Crippen molar-refractivity contribution in [2.75, 3.05) is 37.4 Å². The maximum absolute atomic E-state index is 12.3. The zero-order valence-corrected chi connectivity index (χ0v) is 22.3. The van der Waals surface area contributed by atoms with Crippen LogP contribution in [0, 0.1) is 0 Å². The second-order valence-corrected chi connectivity index (χ2v) is 13.4. The van der Waals surface area contributed by atoms with Crippen LogP contribution < -0.4 is 24.9 Å². The van der Waals surface area contributed by atoms with E-state index in [1.165, 1.54) is 0 Å². The minimum absolute atomic E-state index is 0.414. The van der Waals surface area contributed by atoms with E-state index in [1.54, 1.807) is 25.6 Å². The van der Waals surface area contributed by atoms with Gasteiger partial charge in [0.1, 0.15) is 0 Å². The Balaban J connectivity index is 1.80. The van der Waals surface area contributed by atoms with Gasteiger partial charge in [0.15, 0.2) is 5.71 Å². The molecular formula is C22H31IN7O2S+. The number of halogens is 1. The molecule has 0 spiro atoms. The van der Waals surface area contributed by atoms with Gasteiger partial charge in [-0.15, -0.1) is 0 Å². The number of nitrogens with zero attached hydrogens (tertiary/aromatic N) is 3. The van der Waals surface area contributed by atoms with Crippen molar-refractivity contribution >= 4 is 55.1 Å². The molecule has 9 nitrogen and oxygen atoms in total. The van der Waals surface area contributed by atoms with E-state index in [-0.39, 0.29) is 0 Å². The standard InChI is InChI=1S/C22H30IN7O2S/c1-14(24)20(15(2)25)29-22(31)27-17-7-5-16(6-8-17)21-26-18(12-33-4)11-19(28-21)30-9-10-32-13-23(30)3/h5-8,11,24H,9-10,12-13,25H2,1-4H3,(H2,27,29,31)/p+1/b20-15+,24-14?. The molecule has 1 aliphatic rings. The van der Waals surface area contributed by atoms with Crippen molar-refractivity contribution in [1.82, 2.24) is 15.3 Å². The van der Waals surface area contributed by atoms with Gasteiger partial charge >= 0.3 is 170 Å². The molecule has 11 heteroatoms. The summed E-state index contributed by atoms with van der Waals surface area (Å²) in [6.45, 7) is 4.96. The van der Waals surface area contributed by atoms with Crippen LogP contribution >= 0.6 is 31.9 Å². The summed E-state index contributed by atoms with van der Waals surface area (Å²) in [4.78, 5) is 24.3. The molecule has 2 heterocycles. The number of allylic oxidation sites excluding steroid dienone is 2. The molecule has 0 aliphatic carbocycles. The maximum atomic E-state index is 12.3. The zero-order chi connectivity index (χ0) is 24.0. The monoisotopic (exact) mass is 584 g/mol. The Kier molecular flexibility index (Phi) is 8.92. The van der Waals surface area contributed by atoms with Gasteiger partial charge in [0.05, 0.1) is 0 Å². The van der Waals surface area contributed by atoms with Crippen LogP contribution in [0.1, 0.15) is 19.5 Å². The van der Waals surface area contributed by atoms with Crippen LogP contribution in [0.25, 0.3) is 11.4 Å². The summed E-state index contributed by atoms with van der Waals surface area (Å²) in [5.74, 6) is 2.48. The van der Waals surface area contributed by atoms with Gasteiger partial charge in [-0.1, -0.05) is 0 Å². The minimum atomic E-state index is -1.39. The number of benzene rings is 1. The Labute approximate surface area is 206 Å². The van der Waals surface area contributed by atoms with Crippen LogP contribution in [-0.2, 0) is 10.5 Å². The van der Waals surface area contributed by atoms with Crippen molar-refractivity contribution in [2.45, 2.75) is 19.6 Å². The molecule has 0 radical (unpaired) electrons. The first kappa shape index (κ1) is 25.2. The zero-order valence-electron chi connectivity index (χ0n) is 19.3. The number of hydrogen-bond donors (Lipinski definition) is 4. The average molecular weight is 585 g/mol. The van der Waals surface area contributed by atoms with E-state index in [0.717, 1.165) is 40.6 Å². The number of carbonyl (C=O) groups is 1. The summed E-state index contributed by atoms with van der Waals surface area (Å²) in [5.41, 5.74) is 9.61. The summed E-state index contributed by atoms with van der Waals surface area (Å²) in [6, 6.07) is 9.14. The van der Waals surface area contributed by atoms with Crippen molar-refractivity contribution in [1.29, 1.82) is 0 Å². The molecule has 1 fully saturated rings. The summed E-state index contributed by atoms with van der Waals surface area (Å²) < 4.78 is 8.90. The number of thioether (sulfide) groups is 1. The second kappa shape index (κ2) is 11.7. The van der Waals surface area contributed by atoms with Gasteiger partial charge in [-0.3, -0.25) is 5.41 Å². The van der Waals surface area contributed by atoms with Crippen LogP contribution in [-0.4, -0.2) is 50.7 Å². The normalized spacial score (nSPS) is 15.6. The molecule has 33 heavy (non-hydrogen) atoms. The van der Waals surface area contributed by atoms with Crippen LogP contribution in [0.5, 0.6) is 0 Å². The van der Waals surface area contributed by atoms with E-state index in [4.69, 9.17) is 25.8 Å². The molecule has 1 saturated heterocycles. The number of urea groups is 1.